The van der Waals surface area contributed by atoms with Gasteiger partial charge in [-0.1, -0.05) is 30.3 Å². The molecule has 0 fully saturated rings. The van der Waals surface area contributed by atoms with E-state index in [1.165, 1.54) is 6.92 Å². The van der Waals surface area contributed by atoms with E-state index in [0.29, 0.717) is 5.56 Å². The molecule has 14 heavy (non-hydrogen) atoms. The maximum absolute atomic E-state index is 11.3. The number of carboxylic acid groups (broad SMARTS) is 1. The van der Waals surface area contributed by atoms with Crippen molar-refractivity contribution in [2.24, 2.45) is 0 Å². The summed E-state index contributed by atoms with van der Waals surface area (Å²) < 4.78 is -1.73. The van der Waals surface area contributed by atoms with Gasteiger partial charge in [0.2, 0.25) is 0 Å². The van der Waals surface area contributed by atoms with Gasteiger partial charge in [-0.2, -0.15) is 0 Å². The van der Waals surface area contributed by atoms with Crippen LogP contribution in [0, 0.1) is 0 Å². The van der Waals surface area contributed by atoms with Gasteiger partial charge in [0.05, 0.1) is 0 Å². The summed E-state index contributed by atoms with van der Waals surface area (Å²) in [5, 5.41) is 8.96. The molecule has 1 aromatic carbocycles. The maximum atomic E-state index is 11.3. The fourth-order valence-electron chi connectivity index (χ4n) is 1.16. The van der Waals surface area contributed by atoms with Crippen LogP contribution in [0.2, 0.25) is 0 Å². The van der Waals surface area contributed by atoms with Crippen LogP contribution in [0.1, 0.15) is 12.5 Å². The van der Waals surface area contributed by atoms with E-state index in [1.54, 1.807) is 30.3 Å². The third-order valence-electron chi connectivity index (χ3n) is 2.01. The van der Waals surface area contributed by atoms with Gasteiger partial charge in [-0.25, -0.2) is 4.79 Å². The number of thiol groups is 1. The van der Waals surface area contributed by atoms with Gasteiger partial charge in [0, 0.05) is 0 Å². The minimum atomic E-state index is -1.73. The standard InChI is InChI=1S/C10H10O3S/c1-7(11)10(14,9(12)13)8-5-3-2-4-6-8/h2-6,14H,1H3,(H,12,13). The Morgan fingerprint density at radius 2 is 1.79 bits per heavy atom. The SMILES string of the molecule is CC(=O)C(S)(C(=O)O)c1ccccc1. The first-order valence-electron chi connectivity index (χ1n) is 4.02. The summed E-state index contributed by atoms with van der Waals surface area (Å²) >= 11 is 3.95. The molecule has 0 radical (unpaired) electrons. The molecule has 4 heteroatoms. The average molecular weight is 210 g/mol. The number of hydrogen-bond donors (Lipinski definition) is 2. The van der Waals surface area contributed by atoms with E-state index >= 15 is 0 Å². The molecule has 74 valence electrons. The zero-order valence-electron chi connectivity index (χ0n) is 7.60. The van der Waals surface area contributed by atoms with Crippen LogP contribution in [0.15, 0.2) is 30.3 Å². The highest BCUT2D eigenvalue weighted by Crippen LogP contribution is 2.29. The highest BCUT2D eigenvalue weighted by atomic mass is 32.1. The quantitative estimate of drug-likeness (QED) is 0.587. The van der Waals surface area contributed by atoms with Crippen molar-refractivity contribution in [3.8, 4) is 0 Å². The molecular weight excluding hydrogens is 200 g/mol. The Morgan fingerprint density at radius 3 is 2.14 bits per heavy atom. The Balaban J connectivity index is 3.27. The number of rotatable bonds is 3. The molecule has 1 aromatic rings. The lowest BCUT2D eigenvalue weighted by molar-refractivity contribution is -0.143. The first-order valence-corrected chi connectivity index (χ1v) is 4.46. The van der Waals surface area contributed by atoms with Crippen molar-refractivity contribution >= 4 is 24.4 Å². The first kappa shape index (κ1) is 10.8. The van der Waals surface area contributed by atoms with Crippen molar-refractivity contribution in [3.05, 3.63) is 35.9 Å². The summed E-state index contributed by atoms with van der Waals surface area (Å²) in [4.78, 5) is 22.2. The van der Waals surface area contributed by atoms with Gasteiger partial charge in [-0.3, -0.25) is 4.79 Å². The van der Waals surface area contributed by atoms with Crippen molar-refractivity contribution in [2.75, 3.05) is 0 Å². The van der Waals surface area contributed by atoms with Crippen LogP contribution in [0.25, 0.3) is 0 Å². The van der Waals surface area contributed by atoms with Crippen molar-refractivity contribution in [1.82, 2.24) is 0 Å². The van der Waals surface area contributed by atoms with E-state index in [1.807, 2.05) is 0 Å². The molecule has 0 amide bonds. The predicted molar refractivity (Wildman–Crippen MR) is 55.4 cm³/mol. The van der Waals surface area contributed by atoms with Crippen LogP contribution < -0.4 is 0 Å². The fraction of sp³-hybridized carbons (Fsp3) is 0.200. The number of ketones is 1. The average Bonchev–Trinajstić information content (AvgIpc) is 2.17. The van der Waals surface area contributed by atoms with E-state index in [4.69, 9.17) is 5.11 Å². The van der Waals surface area contributed by atoms with Gasteiger partial charge in [0.25, 0.3) is 0 Å². The summed E-state index contributed by atoms with van der Waals surface area (Å²) in [6.45, 7) is 1.22. The predicted octanol–water partition coefficient (Wildman–Crippen LogP) is 1.49. The van der Waals surface area contributed by atoms with Crippen LogP contribution in [0.5, 0.6) is 0 Å². The molecule has 0 aliphatic carbocycles. The summed E-state index contributed by atoms with van der Waals surface area (Å²) in [6.07, 6.45) is 0. The summed E-state index contributed by atoms with van der Waals surface area (Å²) in [5.74, 6) is -1.75. The summed E-state index contributed by atoms with van der Waals surface area (Å²) in [6, 6.07) is 8.24. The largest absolute Gasteiger partial charge is 0.480 e. The number of hydrogen-bond acceptors (Lipinski definition) is 3. The topological polar surface area (TPSA) is 54.4 Å². The number of carboxylic acids is 1. The highest BCUT2D eigenvalue weighted by molar-refractivity contribution is 7.83. The monoisotopic (exact) mass is 210 g/mol. The Kier molecular flexibility index (Phi) is 2.96. The smallest absolute Gasteiger partial charge is 0.331 e. The minimum Gasteiger partial charge on any atom is -0.480 e. The summed E-state index contributed by atoms with van der Waals surface area (Å²) in [7, 11) is 0. The lowest BCUT2D eigenvalue weighted by Crippen LogP contribution is -2.36. The van der Waals surface area contributed by atoms with Gasteiger partial charge < -0.3 is 5.11 Å². The third kappa shape index (κ3) is 1.65. The number of carbonyl (C=O) groups excluding carboxylic acids is 1. The molecule has 1 atom stereocenters. The van der Waals surface area contributed by atoms with Crippen molar-refractivity contribution < 1.29 is 14.7 Å². The normalized spacial score (nSPS) is 14.4. The molecule has 1 N–H and O–H groups in total. The Morgan fingerprint density at radius 1 is 1.29 bits per heavy atom. The van der Waals surface area contributed by atoms with E-state index in [0.717, 1.165) is 0 Å². The number of Topliss-reactive ketones (excluding diaryl/α,β-unsaturated/α-hetero) is 1. The Bertz CT molecular complexity index is 345. The number of benzene rings is 1. The molecule has 0 aromatic heterocycles. The second kappa shape index (κ2) is 3.84. The molecule has 0 aliphatic rings. The molecule has 3 nitrogen and oxygen atoms in total. The maximum Gasteiger partial charge on any atom is 0.331 e. The minimum absolute atomic E-state index is 0.378. The van der Waals surface area contributed by atoms with Crippen LogP contribution in [-0.4, -0.2) is 16.9 Å². The molecule has 0 bridgehead atoms. The van der Waals surface area contributed by atoms with Crippen molar-refractivity contribution in [2.45, 2.75) is 11.7 Å². The highest BCUT2D eigenvalue weighted by Gasteiger charge is 2.41. The van der Waals surface area contributed by atoms with Crippen LogP contribution >= 0.6 is 12.6 Å². The molecule has 0 saturated carbocycles. The van der Waals surface area contributed by atoms with Gasteiger partial charge >= 0.3 is 5.97 Å². The molecule has 1 rings (SSSR count). The summed E-state index contributed by atoms with van der Waals surface area (Å²) in [5.41, 5.74) is 0.378. The van der Waals surface area contributed by atoms with Crippen molar-refractivity contribution in [1.29, 1.82) is 0 Å². The van der Waals surface area contributed by atoms with Crippen molar-refractivity contribution in [3.63, 3.8) is 0 Å². The van der Waals surface area contributed by atoms with E-state index in [-0.39, 0.29) is 0 Å². The molecule has 0 saturated heterocycles. The molecule has 1 unspecified atom stereocenters. The molecule has 0 spiro atoms. The fourth-order valence-corrected chi connectivity index (χ4v) is 1.31. The molecule has 0 aliphatic heterocycles. The zero-order valence-corrected chi connectivity index (χ0v) is 8.49. The van der Waals surface area contributed by atoms with E-state index < -0.39 is 16.5 Å². The molecule has 0 heterocycles. The third-order valence-corrected chi connectivity index (χ3v) is 2.77. The van der Waals surface area contributed by atoms with Crippen LogP contribution in [0.4, 0.5) is 0 Å². The molecular formula is C10H10O3S. The van der Waals surface area contributed by atoms with Gasteiger partial charge in [-0.15, -0.1) is 12.6 Å². The Labute approximate surface area is 87.2 Å². The lowest BCUT2D eigenvalue weighted by atomic mass is 9.94. The second-order valence-electron chi connectivity index (χ2n) is 2.94. The number of carbonyl (C=O) groups is 2. The van der Waals surface area contributed by atoms with E-state index in [2.05, 4.69) is 12.6 Å². The number of aliphatic carboxylic acids is 1. The van der Waals surface area contributed by atoms with Gasteiger partial charge in [0.1, 0.15) is 0 Å². The zero-order chi connectivity index (χ0) is 10.8. The lowest BCUT2D eigenvalue weighted by Gasteiger charge is -2.20. The Hall–Kier alpha value is -1.29. The second-order valence-corrected chi connectivity index (χ2v) is 3.61. The van der Waals surface area contributed by atoms with Gasteiger partial charge in [-0.05, 0) is 12.5 Å². The van der Waals surface area contributed by atoms with Gasteiger partial charge in [0.15, 0.2) is 10.5 Å². The van der Waals surface area contributed by atoms with Crippen LogP contribution in [0.3, 0.4) is 0 Å². The van der Waals surface area contributed by atoms with E-state index in [9.17, 15) is 9.59 Å². The first-order chi connectivity index (χ1) is 6.49. The van der Waals surface area contributed by atoms with Crippen LogP contribution in [-0.2, 0) is 14.3 Å².